The molecule has 2 saturated heterocycles. The van der Waals surface area contributed by atoms with Crippen molar-refractivity contribution in [3.05, 3.63) is 34.9 Å². The summed E-state index contributed by atoms with van der Waals surface area (Å²) in [6.07, 6.45) is 2.10. The van der Waals surface area contributed by atoms with E-state index in [1.165, 1.54) is 5.56 Å². The van der Waals surface area contributed by atoms with Crippen LogP contribution in [0, 0.1) is 0 Å². The molecule has 1 amide bonds. The monoisotopic (exact) mass is 357 g/mol. The molecule has 0 radical (unpaired) electrons. The minimum Gasteiger partial charge on any atom is -0.339 e. The first-order valence-corrected chi connectivity index (χ1v) is 8.54. The fourth-order valence-electron chi connectivity index (χ4n) is 3.40. The van der Waals surface area contributed by atoms with Gasteiger partial charge in [0, 0.05) is 37.2 Å². The summed E-state index contributed by atoms with van der Waals surface area (Å²) in [7, 11) is 0. The van der Waals surface area contributed by atoms with Crippen LogP contribution < -0.4 is 5.32 Å². The van der Waals surface area contributed by atoms with Crippen LogP contribution in [0.25, 0.3) is 0 Å². The fourth-order valence-corrected chi connectivity index (χ4v) is 3.52. The first-order valence-electron chi connectivity index (χ1n) is 8.17. The van der Waals surface area contributed by atoms with Crippen LogP contribution in [0.2, 0.25) is 5.02 Å². The second kappa shape index (κ2) is 8.34. The molecule has 23 heavy (non-hydrogen) atoms. The summed E-state index contributed by atoms with van der Waals surface area (Å²) in [4.78, 5) is 16.9. The number of halogens is 2. The normalized spacial score (nSPS) is 23.4. The van der Waals surface area contributed by atoms with Gasteiger partial charge in [0.2, 0.25) is 5.91 Å². The Morgan fingerprint density at radius 2 is 1.87 bits per heavy atom. The molecule has 0 aromatic heterocycles. The van der Waals surface area contributed by atoms with Gasteiger partial charge in [-0.25, -0.2) is 0 Å². The molecule has 128 valence electrons. The summed E-state index contributed by atoms with van der Waals surface area (Å²) in [5.74, 6) is 0.288. The lowest BCUT2D eigenvalue weighted by molar-refractivity contribution is -0.135. The van der Waals surface area contributed by atoms with Crippen molar-refractivity contribution in [1.29, 1.82) is 0 Å². The standard InChI is InChI=1S/C17H24ClN3O.ClH/c1-13(14-4-6-15(18)7-5-14)20-9-11-21(12-10-20)17(22)16-3-2-8-19-16;/h4-7,13,16,19H,2-3,8-12H2,1H3;1H. The van der Waals surface area contributed by atoms with Gasteiger partial charge in [-0.05, 0) is 44.0 Å². The molecule has 2 heterocycles. The van der Waals surface area contributed by atoms with Gasteiger partial charge >= 0.3 is 0 Å². The van der Waals surface area contributed by atoms with E-state index in [0.717, 1.165) is 50.6 Å². The van der Waals surface area contributed by atoms with Crippen LogP contribution >= 0.6 is 24.0 Å². The average molecular weight is 358 g/mol. The van der Waals surface area contributed by atoms with Gasteiger partial charge in [-0.1, -0.05) is 23.7 Å². The molecule has 2 unspecified atom stereocenters. The second-order valence-corrected chi connectivity index (χ2v) is 6.67. The topological polar surface area (TPSA) is 35.6 Å². The van der Waals surface area contributed by atoms with E-state index in [0.29, 0.717) is 6.04 Å². The number of benzene rings is 1. The van der Waals surface area contributed by atoms with Crippen molar-refractivity contribution in [3.8, 4) is 0 Å². The third-order valence-corrected chi connectivity index (χ3v) is 5.14. The first-order chi connectivity index (χ1) is 10.6. The highest BCUT2D eigenvalue weighted by atomic mass is 35.5. The minimum atomic E-state index is 0. The van der Waals surface area contributed by atoms with Gasteiger partial charge in [-0.15, -0.1) is 12.4 Å². The van der Waals surface area contributed by atoms with Gasteiger partial charge in [-0.3, -0.25) is 9.69 Å². The predicted molar refractivity (Wildman–Crippen MR) is 96.3 cm³/mol. The Balaban J connectivity index is 0.00000192. The Morgan fingerprint density at radius 1 is 1.22 bits per heavy atom. The highest BCUT2D eigenvalue weighted by Gasteiger charge is 2.30. The number of hydrogen-bond acceptors (Lipinski definition) is 3. The molecule has 2 atom stereocenters. The Labute approximate surface area is 149 Å². The summed E-state index contributed by atoms with van der Waals surface area (Å²) in [6, 6.07) is 8.48. The number of carbonyl (C=O) groups is 1. The van der Waals surface area contributed by atoms with E-state index in [-0.39, 0.29) is 24.4 Å². The Morgan fingerprint density at radius 3 is 2.43 bits per heavy atom. The molecule has 1 N–H and O–H groups in total. The lowest BCUT2D eigenvalue weighted by Gasteiger charge is -2.39. The number of nitrogens with zero attached hydrogens (tertiary/aromatic N) is 2. The zero-order valence-electron chi connectivity index (χ0n) is 13.5. The van der Waals surface area contributed by atoms with E-state index < -0.39 is 0 Å². The number of hydrogen-bond donors (Lipinski definition) is 1. The largest absolute Gasteiger partial charge is 0.339 e. The summed E-state index contributed by atoms with van der Waals surface area (Å²) in [5, 5.41) is 4.07. The summed E-state index contributed by atoms with van der Waals surface area (Å²) >= 11 is 5.95. The van der Waals surface area contributed by atoms with Crippen molar-refractivity contribution in [3.63, 3.8) is 0 Å². The maximum absolute atomic E-state index is 12.4. The van der Waals surface area contributed by atoms with Gasteiger partial charge in [0.05, 0.1) is 6.04 Å². The zero-order chi connectivity index (χ0) is 15.5. The molecule has 6 heteroatoms. The van der Waals surface area contributed by atoms with Gasteiger partial charge in [0.1, 0.15) is 0 Å². The molecule has 0 saturated carbocycles. The second-order valence-electron chi connectivity index (χ2n) is 6.24. The van der Waals surface area contributed by atoms with E-state index in [1.54, 1.807) is 0 Å². The molecule has 1 aromatic rings. The lowest BCUT2D eigenvalue weighted by atomic mass is 10.1. The van der Waals surface area contributed by atoms with E-state index in [2.05, 4.69) is 29.3 Å². The van der Waals surface area contributed by atoms with Crippen molar-refractivity contribution in [1.82, 2.24) is 15.1 Å². The maximum Gasteiger partial charge on any atom is 0.239 e. The fraction of sp³-hybridized carbons (Fsp3) is 0.588. The Hall–Kier alpha value is -0.810. The number of amides is 1. The third kappa shape index (κ3) is 4.38. The molecule has 2 aliphatic rings. The molecule has 3 rings (SSSR count). The van der Waals surface area contributed by atoms with E-state index in [1.807, 2.05) is 17.0 Å². The van der Waals surface area contributed by atoms with E-state index in [9.17, 15) is 4.79 Å². The smallest absolute Gasteiger partial charge is 0.239 e. The molecule has 0 aliphatic carbocycles. The average Bonchev–Trinajstić information content (AvgIpc) is 3.09. The highest BCUT2D eigenvalue weighted by molar-refractivity contribution is 6.30. The summed E-state index contributed by atoms with van der Waals surface area (Å²) in [6.45, 7) is 6.72. The zero-order valence-corrected chi connectivity index (χ0v) is 15.1. The predicted octanol–water partition coefficient (Wildman–Crippen LogP) is 2.72. The highest BCUT2D eigenvalue weighted by Crippen LogP contribution is 2.23. The molecule has 0 bridgehead atoms. The Bertz CT molecular complexity index is 509. The van der Waals surface area contributed by atoms with Gasteiger partial charge in [0.25, 0.3) is 0 Å². The molecule has 1 aromatic carbocycles. The Kier molecular flexibility index (Phi) is 6.72. The van der Waals surface area contributed by atoms with Crippen LogP contribution in [0.3, 0.4) is 0 Å². The molecule has 4 nitrogen and oxygen atoms in total. The maximum atomic E-state index is 12.4. The van der Waals surface area contributed by atoms with Gasteiger partial charge < -0.3 is 10.2 Å². The van der Waals surface area contributed by atoms with Crippen molar-refractivity contribution in [2.45, 2.75) is 31.8 Å². The summed E-state index contributed by atoms with van der Waals surface area (Å²) < 4.78 is 0. The third-order valence-electron chi connectivity index (χ3n) is 4.88. The van der Waals surface area contributed by atoms with Crippen LogP contribution in [0.5, 0.6) is 0 Å². The van der Waals surface area contributed by atoms with Gasteiger partial charge in [0.15, 0.2) is 0 Å². The number of rotatable bonds is 3. The number of carbonyl (C=O) groups excluding carboxylic acids is 1. The first kappa shape index (κ1) is 18.5. The van der Waals surface area contributed by atoms with Crippen LogP contribution in [0.1, 0.15) is 31.4 Å². The minimum absolute atomic E-state index is 0. The molecule has 0 spiro atoms. The number of piperazine rings is 1. The number of nitrogens with one attached hydrogen (secondary N) is 1. The van der Waals surface area contributed by atoms with Crippen molar-refractivity contribution >= 4 is 29.9 Å². The molecular weight excluding hydrogens is 333 g/mol. The lowest BCUT2D eigenvalue weighted by Crippen LogP contribution is -2.53. The SMILES string of the molecule is CC(c1ccc(Cl)cc1)N1CCN(C(=O)C2CCCN2)CC1.Cl. The molecule has 2 fully saturated rings. The van der Waals surface area contributed by atoms with E-state index in [4.69, 9.17) is 11.6 Å². The van der Waals surface area contributed by atoms with Crippen molar-refractivity contribution in [2.24, 2.45) is 0 Å². The quantitative estimate of drug-likeness (QED) is 0.903. The van der Waals surface area contributed by atoms with Crippen LogP contribution in [-0.2, 0) is 4.79 Å². The van der Waals surface area contributed by atoms with Crippen LogP contribution in [0.15, 0.2) is 24.3 Å². The molecule has 2 aliphatic heterocycles. The van der Waals surface area contributed by atoms with Crippen LogP contribution in [0.4, 0.5) is 0 Å². The van der Waals surface area contributed by atoms with Crippen molar-refractivity contribution < 1.29 is 4.79 Å². The van der Waals surface area contributed by atoms with E-state index >= 15 is 0 Å². The van der Waals surface area contributed by atoms with Gasteiger partial charge in [-0.2, -0.15) is 0 Å². The van der Waals surface area contributed by atoms with Crippen LogP contribution in [-0.4, -0.2) is 54.5 Å². The van der Waals surface area contributed by atoms with Crippen molar-refractivity contribution in [2.75, 3.05) is 32.7 Å². The molecular formula is C17H25Cl2N3O. The summed E-state index contributed by atoms with van der Waals surface area (Å²) in [5.41, 5.74) is 1.28.